The highest BCUT2D eigenvalue weighted by Gasteiger charge is 2.42. The van der Waals surface area contributed by atoms with Crippen LogP contribution in [0.4, 0.5) is 0 Å². The van der Waals surface area contributed by atoms with E-state index in [0.717, 1.165) is 40.3 Å². The fraction of sp³-hybridized carbons (Fsp3) is 0.692. The van der Waals surface area contributed by atoms with Crippen LogP contribution in [0, 0.1) is 11.8 Å². The Labute approximate surface area is 105 Å². The monoisotopic (exact) mass is 256 g/mol. The number of thiophene rings is 1. The minimum absolute atomic E-state index is 0.580. The molecule has 1 nitrogen and oxygen atoms in total. The molecule has 0 bridgehead atoms. The van der Waals surface area contributed by atoms with Crippen molar-refractivity contribution in [3.63, 3.8) is 0 Å². The van der Waals surface area contributed by atoms with Gasteiger partial charge < -0.3 is 5.11 Å². The summed E-state index contributed by atoms with van der Waals surface area (Å²) >= 11 is 7.50. The molecular formula is C13H17ClOS. The average molecular weight is 257 g/mol. The molecule has 2 aliphatic carbocycles. The van der Waals surface area contributed by atoms with Crippen molar-refractivity contribution in [2.75, 3.05) is 0 Å². The zero-order chi connectivity index (χ0) is 11.2. The summed E-state index contributed by atoms with van der Waals surface area (Å²) in [7, 11) is 0. The first-order valence-corrected chi connectivity index (χ1v) is 7.35. The van der Waals surface area contributed by atoms with E-state index in [9.17, 15) is 5.11 Å². The maximum atomic E-state index is 10.8. The molecule has 3 rings (SSSR count). The molecule has 2 aliphatic rings. The van der Waals surface area contributed by atoms with E-state index < -0.39 is 5.60 Å². The van der Waals surface area contributed by atoms with E-state index in [4.69, 9.17) is 11.6 Å². The van der Waals surface area contributed by atoms with E-state index in [2.05, 4.69) is 0 Å². The van der Waals surface area contributed by atoms with Crippen molar-refractivity contribution in [3.8, 4) is 0 Å². The summed E-state index contributed by atoms with van der Waals surface area (Å²) in [4.78, 5) is 1.07. The van der Waals surface area contributed by atoms with Crippen molar-refractivity contribution in [2.24, 2.45) is 11.8 Å². The third-order valence-corrected chi connectivity index (χ3v) is 5.51. The molecular weight excluding hydrogens is 240 g/mol. The van der Waals surface area contributed by atoms with Crippen LogP contribution >= 0.6 is 22.9 Å². The molecule has 1 aromatic rings. The van der Waals surface area contributed by atoms with Gasteiger partial charge >= 0.3 is 0 Å². The highest BCUT2D eigenvalue weighted by Crippen LogP contribution is 2.50. The highest BCUT2D eigenvalue weighted by atomic mass is 35.5. The standard InChI is InChI=1S/C13H17ClOS/c14-12-6-5-11(16-12)13(15)7-1-2-10(8-13)9-3-4-9/h5-6,9-10,15H,1-4,7-8H2. The summed E-state index contributed by atoms with van der Waals surface area (Å²) in [6.45, 7) is 0. The molecule has 1 aromatic heterocycles. The van der Waals surface area contributed by atoms with Gasteiger partial charge in [-0.05, 0) is 62.5 Å². The Morgan fingerprint density at radius 2 is 2.06 bits per heavy atom. The predicted molar refractivity (Wildman–Crippen MR) is 67.9 cm³/mol. The van der Waals surface area contributed by atoms with Crippen LogP contribution in [0.3, 0.4) is 0 Å². The lowest BCUT2D eigenvalue weighted by atomic mass is 9.75. The van der Waals surface area contributed by atoms with Crippen molar-refractivity contribution in [1.82, 2.24) is 0 Å². The van der Waals surface area contributed by atoms with Crippen molar-refractivity contribution in [3.05, 3.63) is 21.3 Å². The van der Waals surface area contributed by atoms with Gasteiger partial charge in [0.25, 0.3) is 0 Å². The Hall–Kier alpha value is -0.0500. The maximum absolute atomic E-state index is 10.8. The van der Waals surface area contributed by atoms with Crippen LogP contribution in [-0.4, -0.2) is 5.11 Å². The Morgan fingerprint density at radius 1 is 1.25 bits per heavy atom. The van der Waals surface area contributed by atoms with E-state index in [1.807, 2.05) is 12.1 Å². The van der Waals surface area contributed by atoms with Crippen LogP contribution in [0.5, 0.6) is 0 Å². The van der Waals surface area contributed by atoms with Crippen LogP contribution in [-0.2, 0) is 5.60 Å². The molecule has 2 unspecified atom stereocenters. The van der Waals surface area contributed by atoms with Crippen molar-refractivity contribution in [1.29, 1.82) is 0 Å². The van der Waals surface area contributed by atoms with E-state index in [1.165, 1.54) is 19.3 Å². The van der Waals surface area contributed by atoms with Gasteiger partial charge in [0.1, 0.15) is 0 Å². The molecule has 16 heavy (non-hydrogen) atoms. The molecule has 0 radical (unpaired) electrons. The number of rotatable bonds is 2. The second kappa shape index (κ2) is 4.01. The van der Waals surface area contributed by atoms with Crippen molar-refractivity contribution >= 4 is 22.9 Å². The SMILES string of the molecule is OC1(c2ccc(Cl)s2)CCCC(C2CC2)C1. The molecule has 2 saturated carbocycles. The fourth-order valence-electron chi connectivity index (χ4n) is 3.05. The summed E-state index contributed by atoms with van der Waals surface area (Å²) in [6.07, 6.45) is 7.10. The number of hydrogen-bond donors (Lipinski definition) is 1. The van der Waals surface area contributed by atoms with E-state index in [0.29, 0.717) is 0 Å². The first-order valence-electron chi connectivity index (χ1n) is 6.15. The van der Waals surface area contributed by atoms with Gasteiger partial charge in [-0.1, -0.05) is 11.6 Å². The fourth-order valence-corrected chi connectivity index (χ4v) is 4.22. The lowest BCUT2D eigenvalue weighted by molar-refractivity contribution is -0.0219. The number of halogens is 1. The van der Waals surface area contributed by atoms with E-state index >= 15 is 0 Å². The number of hydrogen-bond acceptors (Lipinski definition) is 2. The lowest BCUT2D eigenvalue weighted by Gasteiger charge is -2.36. The molecule has 2 fully saturated rings. The minimum atomic E-state index is -0.580. The van der Waals surface area contributed by atoms with Gasteiger partial charge in [0, 0.05) is 4.88 Å². The van der Waals surface area contributed by atoms with Gasteiger partial charge in [-0.15, -0.1) is 11.3 Å². The molecule has 1 heterocycles. The Morgan fingerprint density at radius 3 is 2.69 bits per heavy atom. The lowest BCUT2D eigenvalue weighted by Crippen LogP contribution is -2.32. The van der Waals surface area contributed by atoms with Crippen LogP contribution in [0.2, 0.25) is 4.34 Å². The Bertz CT molecular complexity index is 385. The van der Waals surface area contributed by atoms with Crippen LogP contribution in [0.25, 0.3) is 0 Å². The molecule has 3 heteroatoms. The maximum Gasteiger partial charge on any atom is 0.0991 e. The Kier molecular flexibility index (Phi) is 2.77. The second-order valence-electron chi connectivity index (χ2n) is 5.33. The normalized spacial score (nSPS) is 35.2. The summed E-state index contributed by atoms with van der Waals surface area (Å²) < 4.78 is 0.789. The summed E-state index contributed by atoms with van der Waals surface area (Å²) in [5.41, 5.74) is -0.580. The van der Waals surface area contributed by atoms with Crippen LogP contribution in [0.1, 0.15) is 43.4 Å². The summed E-state index contributed by atoms with van der Waals surface area (Å²) in [6, 6.07) is 3.91. The highest BCUT2D eigenvalue weighted by molar-refractivity contribution is 7.16. The minimum Gasteiger partial charge on any atom is -0.384 e. The van der Waals surface area contributed by atoms with Crippen molar-refractivity contribution in [2.45, 2.75) is 44.1 Å². The predicted octanol–water partition coefficient (Wildman–Crippen LogP) is 4.19. The smallest absolute Gasteiger partial charge is 0.0991 e. The summed E-state index contributed by atoms with van der Waals surface area (Å²) in [5, 5.41) is 10.8. The van der Waals surface area contributed by atoms with Gasteiger partial charge in [0.05, 0.1) is 9.94 Å². The van der Waals surface area contributed by atoms with Crippen LogP contribution in [0.15, 0.2) is 12.1 Å². The molecule has 0 spiro atoms. The Balaban J connectivity index is 1.80. The van der Waals surface area contributed by atoms with Gasteiger partial charge in [-0.2, -0.15) is 0 Å². The molecule has 2 atom stereocenters. The van der Waals surface area contributed by atoms with Crippen LogP contribution < -0.4 is 0 Å². The number of aliphatic hydroxyl groups is 1. The first kappa shape index (κ1) is 11.1. The molecule has 0 aromatic carbocycles. The van der Waals surface area contributed by atoms with Gasteiger partial charge in [0.15, 0.2) is 0 Å². The van der Waals surface area contributed by atoms with Crippen molar-refractivity contribution < 1.29 is 5.11 Å². The van der Waals surface area contributed by atoms with Gasteiger partial charge in [0.2, 0.25) is 0 Å². The third-order valence-electron chi connectivity index (χ3n) is 4.09. The second-order valence-corrected chi connectivity index (χ2v) is 7.04. The van der Waals surface area contributed by atoms with Gasteiger partial charge in [-0.3, -0.25) is 0 Å². The zero-order valence-electron chi connectivity index (χ0n) is 9.29. The quantitative estimate of drug-likeness (QED) is 0.841. The molecule has 0 aliphatic heterocycles. The first-order chi connectivity index (χ1) is 7.67. The average Bonchev–Trinajstić information content (AvgIpc) is 3.01. The van der Waals surface area contributed by atoms with E-state index in [-0.39, 0.29) is 0 Å². The molecule has 88 valence electrons. The van der Waals surface area contributed by atoms with E-state index in [1.54, 1.807) is 11.3 Å². The summed E-state index contributed by atoms with van der Waals surface area (Å²) in [5.74, 6) is 1.65. The molecule has 1 N–H and O–H groups in total. The largest absolute Gasteiger partial charge is 0.384 e. The van der Waals surface area contributed by atoms with Gasteiger partial charge in [-0.25, -0.2) is 0 Å². The molecule has 0 saturated heterocycles. The molecule has 0 amide bonds. The third kappa shape index (κ3) is 2.03. The topological polar surface area (TPSA) is 20.2 Å². The zero-order valence-corrected chi connectivity index (χ0v) is 10.9.